The molecule has 0 saturated carbocycles. The largest absolute Gasteiger partial charge is 0.488 e. The van der Waals surface area contributed by atoms with E-state index in [2.05, 4.69) is 4.72 Å². The lowest BCUT2D eigenvalue weighted by Crippen LogP contribution is -2.25. The van der Waals surface area contributed by atoms with E-state index in [0.717, 1.165) is 24.3 Å². The average Bonchev–Trinajstić information content (AvgIpc) is 3.40. The minimum Gasteiger partial charge on any atom is -0.488 e. The number of rotatable bonds is 8. The molecule has 15 heteroatoms. The summed E-state index contributed by atoms with van der Waals surface area (Å²) in [7, 11) is -2.56. The molecule has 2 aliphatic heterocycles. The van der Waals surface area contributed by atoms with Crippen molar-refractivity contribution in [3.63, 3.8) is 0 Å². The predicted molar refractivity (Wildman–Crippen MR) is 124 cm³/mol. The van der Waals surface area contributed by atoms with Crippen LogP contribution in [0, 0.1) is 10.1 Å². The number of nitrogens with zero attached hydrogens (tertiary/aromatic N) is 2. The molecule has 0 aliphatic carbocycles. The molecular weight excluding hydrogens is 527 g/mol. The molecule has 3 heterocycles. The van der Waals surface area contributed by atoms with Crippen LogP contribution in [0.3, 0.4) is 0 Å². The predicted octanol–water partition coefficient (Wildman–Crippen LogP) is 4.12. The summed E-state index contributed by atoms with van der Waals surface area (Å²) in [5, 5.41) is 11.3. The fourth-order valence-corrected chi connectivity index (χ4v) is 6.30. The van der Waals surface area contributed by atoms with Gasteiger partial charge in [-0.2, -0.15) is 13.2 Å². The minimum atomic E-state index is -4.71. The lowest BCUT2D eigenvalue weighted by Gasteiger charge is -2.22. The van der Waals surface area contributed by atoms with E-state index >= 15 is 0 Å². The molecule has 0 radical (unpaired) electrons. The van der Waals surface area contributed by atoms with E-state index in [4.69, 9.17) is 14.2 Å². The van der Waals surface area contributed by atoms with Gasteiger partial charge in [-0.3, -0.25) is 14.8 Å². The first-order valence-corrected chi connectivity index (χ1v) is 13.3. The first-order valence-electron chi connectivity index (χ1n) is 11.0. The van der Waals surface area contributed by atoms with Gasteiger partial charge in [0.2, 0.25) is 0 Å². The normalized spacial score (nSPS) is 19.8. The number of halogens is 3. The Morgan fingerprint density at radius 1 is 1.17 bits per heavy atom. The van der Waals surface area contributed by atoms with Crippen molar-refractivity contribution >= 4 is 32.7 Å². The summed E-state index contributed by atoms with van der Waals surface area (Å²) < 4.78 is 84.9. The second kappa shape index (κ2) is 10.4. The number of benzene rings is 1. The molecule has 4 rings (SSSR count). The van der Waals surface area contributed by atoms with Crippen LogP contribution in [-0.4, -0.2) is 63.8 Å². The van der Waals surface area contributed by atoms with Crippen LogP contribution in [0.2, 0.25) is 0 Å². The van der Waals surface area contributed by atoms with Crippen LogP contribution in [0.25, 0.3) is 0 Å². The van der Waals surface area contributed by atoms with Crippen molar-refractivity contribution < 1.29 is 40.7 Å². The maximum absolute atomic E-state index is 13.5. The Labute approximate surface area is 209 Å². The van der Waals surface area contributed by atoms with Crippen LogP contribution in [0.15, 0.2) is 28.5 Å². The molecule has 0 bridgehead atoms. The van der Waals surface area contributed by atoms with Crippen LogP contribution in [0.1, 0.15) is 24.8 Å². The number of alkyl halides is 3. The first-order chi connectivity index (χ1) is 16.9. The van der Waals surface area contributed by atoms with Gasteiger partial charge in [0, 0.05) is 32.0 Å². The Morgan fingerprint density at radius 3 is 2.50 bits per heavy atom. The van der Waals surface area contributed by atoms with Crippen molar-refractivity contribution in [1.29, 1.82) is 0 Å². The molecule has 2 saturated heterocycles. The highest BCUT2D eigenvalue weighted by molar-refractivity contribution is 7.94. The number of thiophene rings is 1. The van der Waals surface area contributed by atoms with E-state index in [1.807, 2.05) is 11.9 Å². The lowest BCUT2D eigenvalue weighted by molar-refractivity contribution is -0.385. The standard InChI is InChI=1S/C21H24F3N3O7S2/c1-26-7-4-15(12-26)33-18-10-13(2-3-16(18)21(22,23)24)25-36(30,31)19-11-17(27(28)29)20(35-19)34-14-5-8-32-9-6-14/h2-3,10-11,14-15,25H,4-9,12H2,1H3. The zero-order valence-electron chi connectivity index (χ0n) is 19.1. The van der Waals surface area contributed by atoms with Crippen LogP contribution in [0.4, 0.5) is 24.5 Å². The Kier molecular flexibility index (Phi) is 7.64. The SMILES string of the molecule is CN1CCC(Oc2cc(NS(=O)(=O)c3cc([N+](=O)[O-])c(OC4CCOCC4)s3)ccc2C(F)(F)F)C1. The third-order valence-electron chi connectivity index (χ3n) is 5.74. The summed E-state index contributed by atoms with van der Waals surface area (Å²) >= 11 is 0.574. The zero-order valence-corrected chi connectivity index (χ0v) is 20.7. The summed E-state index contributed by atoms with van der Waals surface area (Å²) in [5.74, 6) is -0.497. The highest BCUT2D eigenvalue weighted by atomic mass is 32.2. The highest BCUT2D eigenvalue weighted by Crippen LogP contribution is 2.42. The summed E-state index contributed by atoms with van der Waals surface area (Å²) in [4.78, 5) is 12.7. The second-order valence-corrected chi connectivity index (χ2v) is 11.5. The van der Waals surface area contributed by atoms with E-state index in [0.29, 0.717) is 56.9 Å². The quantitative estimate of drug-likeness (QED) is 0.384. The van der Waals surface area contributed by atoms with Gasteiger partial charge in [-0.15, -0.1) is 0 Å². The van der Waals surface area contributed by atoms with Crippen LogP contribution >= 0.6 is 11.3 Å². The molecule has 0 spiro atoms. The Balaban J connectivity index is 1.59. The molecule has 2 aliphatic rings. The van der Waals surface area contributed by atoms with Crippen molar-refractivity contribution in [3.8, 4) is 10.8 Å². The first kappa shape index (κ1) is 26.4. The van der Waals surface area contributed by atoms with E-state index in [1.54, 1.807) is 0 Å². The van der Waals surface area contributed by atoms with Crippen LogP contribution in [-0.2, 0) is 20.9 Å². The van der Waals surface area contributed by atoms with Crippen molar-refractivity contribution in [2.75, 3.05) is 38.1 Å². The molecule has 1 N–H and O–H groups in total. The topological polar surface area (TPSA) is 120 Å². The minimum absolute atomic E-state index is 0.158. The Hall–Kier alpha value is -2.62. The number of anilines is 1. The van der Waals surface area contributed by atoms with Gasteiger partial charge < -0.3 is 19.1 Å². The Bertz CT molecular complexity index is 1210. The van der Waals surface area contributed by atoms with Gasteiger partial charge >= 0.3 is 11.9 Å². The number of hydrogen-bond donors (Lipinski definition) is 1. The number of sulfonamides is 1. The van der Waals surface area contributed by atoms with Crippen molar-refractivity contribution in [3.05, 3.63) is 39.9 Å². The van der Waals surface area contributed by atoms with Crippen LogP contribution < -0.4 is 14.2 Å². The van der Waals surface area contributed by atoms with E-state index in [-0.39, 0.29) is 16.9 Å². The maximum Gasteiger partial charge on any atom is 0.419 e. The average molecular weight is 552 g/mol. The Morgan fingerprint density at radius 2 is 1.89 bits per heavy atom. The van der Waals surface area contributed by atoms with Gasteiger partial charge in [-0.25, -0.2) is 8.42 Å². The molecule has 10 nitrogen and oxygen atoms in total. The van der Waals surface area contributed by atoms with Gasteiger partial charge in [-0.05, 0) is 25.6 Å². The van der Waals surface area contributed by atoms with Gasteiger partial charge in [-0.1, -0.05) is 11.3 Å². The number of likely N-dealkylation sites (tertiary alicyclic amines) is 1. The fraction of sp³-hybridized carbons (Fsp3) is 0.524. The summed E-state index contributed by atoms with van der Waals surface area (Å²) in [5.41, 5.74) is -1.71. The molecule has 198 valence electrons. The zero-order chi connectivity index (χ0) is 26.1. The van der Waals surface area contributed by atoms with E-state index in [9.17, 15) is 31.7 Å². The molecule has 2 fully saturated rings. The molecular formula is C21H24F3N3O7S2. The maximum atomic E-state index is 13.5. The smallest absolute Gasteiger partial charge is 0.419 e. The summed E-state index contributed by atoms with van der Waals surface area (Å²) in [6, 6.07) is 3.55. The number of nitrogens with one attached hydrogen (secondary N) is 1. The molecule has 36 heavy (non-hydrogen) atoms. The second-order valence-electron chi connectivity index (χ2n) is 8.53. The third-order valence-corrected chi connectivity index (χ3v) is 8.61. The van der Waals surface area contributed by atoms with Crippen molar-refractivity contribution in [1.82, 2.24) is 4.90 Å². The van der Waals surface area contributed by atoms with Gasteiger partial charge in [0.1, 0.15) is 18.0 Å². The summed E-state index contributed by atoms with van der Waals surface area (Å²) in [6.07, 6.45) is -4.02. The molecule has 1 aromatic heterocycles. The van der Waals surface area contributed by atoms with Gasteiger partial charge in [0.15, 0.2) is 4.21 Å². The number of nitro groups is 1. The van der Waals surface area contributed by atoms with Crippen molar-refractivity contribution in [2.24, 2.45) is 0 Å². The van der Waals surface area contributed by atoms with Crippen molar-refractivity contribution in [2.45, 2.75) is 41.9 Å². The third kappa shape index (κ3) is 6.19. The van der Waals surface area contributed by atoms with E-state index in [1.165, 1.54) is 0 Å². The highest BCUT2D eigenvalue weighted by Gasteiger charge is 2.36. The molecule has 1 atom stereocenters. The number of hydrogen-bond acceptors (Lipinski definition) is 9. The van der Waals surface area contributed by atoms with Gasteiger partial charge in [0.05, 0.1) is 35.5 Å². The number of likely N-dealkylation sites (N-methyl/N-ethyl adjacent to an activating group) is 1. The fourth-order valence-electron chi connectivity index (χ4n) is 3.93. The number of ether oxygens (including phenoxy) is 3. The molecule has 0 amide bonds. The van der Waals surface area contributed by atoms with E-state index < -0.39 is 48.4 Å². The summed E-state index contributed by atoms with van der Waals surface area (Å²) in [6.45, 7) is 1.94. The monoisotopic (exact) mass is 551 g/mol. The molecule has 1 unspecified atom stereocenters. The lowest BCUT2D eigenvalue weighted by atomic mass is 10.1. The molecule has 2 aromatic rings. The van der Waals surface area contributed by atoms with Gasteiger partial charge in [0.25, 0.3) is 15.1 Å². The molecule has 1 aromatic carbocycles. The van der Waals surface area contributed by atoms with Crippen LogP contribution in [0.5, 0.6) is 10.8 Å².